The van der Waals surface area contributed by atoms with E-state index in [1.807, 2.05) is 61.2 Å². The van der Waals surface area contributed by atoms with E-state index in [0.717, 1.165) is 33.5 Å². The molecule has 1 heterocycles. The number of aromatic amines is 1. The third kappa shape index (κ3) is 3.68. The first-order valence-electron chi connectivity index (χ1n) is 8.59. The van der Waals surface area contributed by atoms with Gasteiger partial charge in [-0.1, -0.05) is 30.3 Å². The molecule has 0 radical (unpaired) electrons. The van der Waals surface area contributed by atoms with Crippen LogP contribution in [0.15, 0.2) is 48.5 Å². The van der Waals surface area contributed by atoms with E-state index < -0.39 is 0 Å². The van der Waals surface area contributed by atoms with Crippen molar-refractivity contribution in [2.24, 2.45) is 0 Å². The number of aryl methyl sites for hydroxylation is 1. The van der Waals surface area contributed by atoms with Gasteiger partial charge in [-0.2, -0.15) is 0 Å². The maximum atomic E-state index is 12.9. The summed E-state index contributed by atoms with van der Waals surface area (Å²) in [5, 5.41) is 1.13. The minimum atomic E-state index is 0.145. The highest BCUT2D eigenvalue weighted by Crippen LogP contribution is 2.23. The number of methoxy groups -OCH3 is 1. The summed E-state index contributed by atoms with van der Waals surface area (Å²) in [5.74, 6) is 0.971. The summed E-state index contributed by atoms with van der Waals surface area (Å²) < 4.78 is 5.19. The van der Waals surface area contributed by atoms with Gasteiger partial charge in [-0.25, -0.2) is 0 Å². The number of ether oxygens (including phenoxy) is 1. The molecule has 1 N–H and O–H groups in total. The van der Waals surface area contributed by atoms with Gasteiger partial charge in [-0.05, 0) is 43.2 Å². The molecule has 25 heavy (non-hydrogen) atoms. The lowest BCUT2D eigenvalue weighted by Gasteiger charge is -2.21. The highest BCUT2D eigenvalue weighted by atomic mass is 16.5. The number of aromatic nitrogens is 1. The molecule has 4 nitrogen and oxygen atoms in total. The molecule has 0 aliphatic rings. The largest absolute Gasteiger partial charge is 0.497 e. The van der Waals surface area contributed by atoms with E-state index in [2.05, 4.69) is 11.1 Å². The van der Waals surface area contributed by atoms with Gasteiger partial charge in [0.25, 0.3) is 0 Å². The number of carbonyl (C=O) groups is 1. The Labute approximate surface area is 148 Å². The molecule has 0 unspecified atom stereocenters. The number of nitrogens with one attached hydrogen (secondary N) is 1. The molecule has 0 atom stereocenters. The first kappa shape index (κ1) is 17.1. The number of H-pyrrole nitrogens is 1. The van der Waals surface area contributed by atoms with Crippen molar-refractivity contribution in [1.29, 1.82) is 0 Å². The summed E-state index contributed by atoms with van der Waals surface area (Å²) in [4.78, 5) is 18.1. The minimum absolute atomic E-state index is 0.145. The van der Waals surface area contributed by atoms with Crippen molar-refractivity contribution in [3.63, 3.8) is 0 Å². The molecule has 0 bridgehead atoms. The van der Waals surface area contributed by atoms with Gasteiger partial charge in [0.05, 0.1) is 13.5 Å². The van der Waals surface area contributed by atoms with Crippen molar-refractivity contribution in [1.82, 2.24) is 9.88 Å². The molecule has 4 heteroatoms. The summed E-state index contributed by atoms with van der Waals surface area (Å²) in [7, 11) is 1.65. The minimum Gasteiger partial charge on any atom is -0.497 e. The number of hydrogen-bond acceptors (Lipinski definition) is 2. The standard InChI is InChI=1S/C21H24N2O2/c1-4-23(14-16-9-11-17(25-3)12-10-16)21(24)13-19-15(2)22-20-8-6-5-7-18(19)20/h5-12,22H,4,13-14H2,1-3H3. The number of rotatable bonds is 6. The Morgan fingerprint density at radius 3 is 2.52 bits per heavy atom. The zero-order chi connectivity index (χ0) is 17.8. The molecular weight excluding hydrogens is 312 g/mol. The first-order valence-corrected chi connectivity index (χ1v) is 8.59. The fraction of sp³-hybridized carbons (Fsp3) is 0.286. The van der Waals surface area contributed by atoms with E-state index in [4.69, 9.17) is 4.74 Å². The number of carbonyl (C=O) groups excluding carboxylic acids is 1. The van der Waals surface area contributed by atoms with Gasteiger partial charge < -0.3 is 14.6 Å². The molecule has 0 aliphatic heterocycles. The quantitative estimate of drug-likeness (QED) is 0.737. The Kier molecular flexibility index (Phi) is 5.08. The Morgan fingerprint density at radius 1 is 1.12 bits per heavy atom. The van der Waals surface area contributed by atoms with Crippen LogP contribution in [0.3, 0.4) is 0 Å². The second-order valence-corrected chi connectivity index (χ2v) is 6.21. The van der Waals surface area contributed by atoms with Gasteiger partial charge in [0, 0.05) is 29.7 Å². The predicted octanol–water partition coefficient (Wildman–Crippen LogP) is 4.08. The molecule has 0 spiro atoms. The summed E-state index contributed by atoms with van der Waals surface area (Å²) in [6, 6.07) is 16.0. The zero-order valence-corrected chi connectivity index (χ0v) is 15.0. The van der Waals surface area contributed by atoms with Crippen LogP contribution in [-0.2, 0) is 17.8 Å². The summed E-state index contributed by atoms with van der Waals surface area (Å²) >= 11 is 0. The molecule has 1 aromatic heterocycles. The van der Waals surface area contributed by atoms with Crippen molar-refractivity contribution in [2.45, 2.75) is 26.8 Å². The lowest BCUT2D eigenvalue weighted by atomic mass is 10.1. The third-order valence-corrected chi connectivity index (χ3v) is 4.62. The van der Waals surface area contributed by atoms with E-state index in [1.54, 1.807) is 7.11 Å². The van der Waals surface area contributed by atoms with Crippen molar-refractivity contribution in [3.8, 4) is 5.75 Å². The third-order valence-electron chi connectivity index (χ3n) is 4.62. The van der Waals surface area contributed by atoms with Crippen LogP contribution in [0.4, 0.5) is 0 Å². The van der Waals surface area contributed by atoms with Crippen LogP contribution in [0.25, 0.3) is 10.9 Å². The second-order valence-electron chi connectivity index (χ2n) is 6.21. The van der Waals surface area contributed by atoms with E-state index in [-0.39, 0.29) is 5.91 Å². The monoisotopic (exact) mass is 336 g/mol. The molecule has 0 saturated heterocycles. The van der Waals surface area contributed by atoms with Crippen LogP contribution in [0.5, 0.6) is 5.75 Å². The van der Waals surface area contributed by atoms with E-state index >= 15 is 0 Å². The van der Waals surface area contributed by atoms with Crippen LogP contribution in [0.1, 0.15) is 23.7 Å². The SMILES string of the molecule is CCN(Cc1ccc(OC)cc1)C(=O)Cc1c(C)[nH]c2ccccc12. The first-order chi connectivity index (χ1) is 12.1. The zero-order valence-electron chi connectivity index (χ0n) is 15.0. The van der Waals surface area contributed by atoms with Gasteiger partial charge in [0.15, 0.2) is 0 Å². The number of fused-ring (bicyclic) bond motifs is 1. The van der Waals surface area contributed by atoms with E-state index in [0.29, 0.717) is 19.5 Å². The summed E-state index contributed by atoms with van der Waals surface area (Å²) in [6.07, 6.45) is 0.417. The van der Waals surface area contributed by atoms with Gasteiger partial charge in [0.1, 0.15) is 5.75 Å². The van der Waals surface area contributed by atoms with Gasteiger partial charge in [-0.15, -0.1) is 0 Å². The predicted molar refractivity (Wildman–Crippen MR) is 101 cm³/mol. The van der Waals surface area contributed by atoms with Gasteiger partial charge in [0.2, 0.25) is 5.91 Å². The maximum Gasteiger partial charge on any atom is 0.227 e. The summed E-state index contributed by atoms with van der Waals surface area (Å²) in [5.41, 5.74) is 4.34. The van der Waals surface area contributed by atoms with E-state index in [1.165, 1.54) is 0 Å². The van der Waals surface area contributed by atoms with Crippen molar-refractivity contribution in [3.05, 3.63) is 65.4 Å². The number of nitrogens with zero attached hydrogens (tertiary/aromatic N) is 1. The number of amides is 1. The van der Waals surface area contributed by atoms with Crippen molar-refractivity contribution < 1.29 is 9.53 Å². The topological polar surface area (TPSA) is 45.3 Å². The molecule has 0 fully saturated rings. The fourth-order valence-electron chi connectivity index (χ4n) is 3.15. The van der Waals surface area contributed by atoms with Crippen LogP contribution < -0.4 is 4.74 Å². The molecule has 2 aromatic carbocycles. The number of benzene rings is 2. The normalized spacial score (nSPS) is 10.8. The van der Waals surface area contributed by atoms with Gasteiger partial charge >= 0.3 is 0 Å². The number of para-hydroxylation sites is 1. The average molecular weight is 336 g/mol. The number of hydrogen-bond donors (Lipinski definition) is 1. The average Bonchev–Trinajstić information content (AvgIpc) is 2.95. The fourth-order valence-corrected chi connectivity index (χ4v) is 3.15. The Morgan fingerprint density at radius 2 is 1.84 bits per heavy atom. The molecule has 130 valence electrons. The van der Waals surface area contributed by atoms with Crippen molar-refractivity contribution >= 4 is 16.8 Å². The molecule has 3 aromatic rings. The molecule has 3 rings (SSSR count). The molecule has 0 saturated carbocycles. The highest BCUT2D eigenvalue weighted by Gasteiger charge is 2.17. The van der Waals surface area contributed by atoms with Crippen LogP contribution in [0.2, 0.25) is 0 Å². The number of likely N-dealkylation sites (N-methyl/N-ethyl adjacent to an activating group) is 1. The van der Waals surface area contributed by atoms with Crippen LogP contribution >= 0.6 is 0 Å². The Balaban J connectivity index is 1.76. The van der Waals surface area contributed by atoms with Crippen molar-refractivity contribution in [2.75, 3.05) is 13.7 Å². The van der Waals surface area contributed by atoms with Crippen LogP contribution in [-0.4, -0.2) is 29.4 Å². The van der Waals surface area contributed by atoms with E-state index in [9.17, 15) is 4.79 Å². The molecule has 0 aliphatic carbocycles. The lowest BCUT2D eigenvalue weighted by molar-refractivity contribution is -0.130. The van der Waals surface area contributed by atoms with Gasteiger partial charge in [-0.3, -0.25) is 4.79 Å². The Bertz CT molecular complexity index is 865. The smallest absolute Gasteiger partial charge is 0.227 e. The second kappa shape index (κ2) is 7.43. The highest BCUT2D eigenvalue weighted by molar-refractivity contribution is 5.90. The maximum absolute atomic E-state index is 12.9. The summed E-state index contributed by atoms with van der Waals surface area (Å²) in [6.45, 7) is 5.35. The lowest BCUT2D eigenvalue weighted by Crippen LogP contribution is -2.31. The molecule has 1 amide bonds. The Hall–Kier alpha value is -2.75. The van der Waals surface area contributed by atoms with Crippen LogP contribution in [0, 0.1) is 6.92 Å². The molecular formula is C21H24N2O2.